The van der Waals surface area contributed by atoms with Crippen molar-refractivity contribution in [1.29, 1.82) is 0 Å². The molecule has 2 heterocycles. The lowest BCUT2D eigenvalue weighted by molar-refractivity contribution is -0.126. The second-order valence-electron chi connectivity index (χ2n) is 4.28. The molecule has 0 aromatic carbocycles. The fourth-order valence-electron chi connectivity index (χ4n) is 1.85. The Hall–Kier alpha value is -1.91. The van der Waals surface area contributed by atoms with Crippen molar-refractivity contribution in [2.75, 3.05) is 25.5 Å². The largest absolute Gasteiger partial charge is 0.361 e. The van der Waals surface area contributed by atoms with E-state index in [1.165, 1.54) is 6.08 Å². The zero-order valence-corrected chi connectivity index (χ0v) is 10.2. The summed E-state index contributed by atoms with van der Waals surface area (Å²) in [7, 11) is 3.85. The second-order valence-corrected chi connectivity index (χ2v) is 4.28. The topological polar surface area (TPSA) is 49.3 Å². The van der Waals surface area contributed by atoms with Crippen LogP contribution in [0.15, 0.2) is 18.7 Å². The van der Waals surface area contributed by atoms with Crippen LogP contribution >= 0.6 is 0 Å². The molecule has 1 aromatic heterocycles. The minimum Gasteiger partial charge on any atom is -0.361 e. The van der Waals surface area contributed by atoms with E-state index in [-0.39, 0.29) is 5.91 Å². The molecule has 0 N–H and O–H groups in total. The van der Waals surface area contributed by atoms with Crippen LogP contribution in [0.5, 0.6) is 0 Å². The molecule has 0 saturated heterocycles. The minimum atomic E-state index is -0.0288. The third kappa shape index (κ3) is 2.27. The Balaban J connectivity index is 2.26. The van der Waals surface area contributed by atoms with E-state index in [0.717, 1.165) is 23.5 Å². The molecule has 0 aliphatic carbocycles. The zero-order valence-electron chi connectivity index (χ0n) is 10.2. The number of rotatable bonds is 2. The maximum atomic E-state index is 11.6. The minimum absolute atomic E-state index is 0.0288. The first kappa shape index (κ1) is 11.6. The van der Waals surface area contributed by atoms with Gasteiger partial charge in [0.15, 0.2) is 5.82 Å². The summed E-state index contributed by atoms with van der Waals surface area (Å²) in [5, 5.41) is 8.34. The van der Waals surface area contributed by atoms with Crippen LogP contribution in [-0.4, -0.2) is 41.6 Å². The Morgan fingerprint density at radius 1 is 1.53 bits per heavy atom. The van der Waals surface area contributed by atoms with Crippen molar-refractivity contribution in [3.8, 4) is 0 Å². The Labute approximate surface area is 101 Å². The van der Waals surface area contributed by atoms with Crippen LogP contribution in [-0.2, 0) is 17.8 Å². The molecular weight excluding hydrogens is 216 g/mol. The molecule has 5 heteroatoms. The molecule has 0 fully saturated rings. The van der Waals surface area contributed by atoms with Gasteiger partial charge in [0.05, 0.1) is 5.69 Å². The number of fused-ring (bicyclic) bond motifs is 1. The maximum absolute atomic E-state index is 11.6. The van der Waals surface area contributed by atoms with Gasteiger partial charge in [-0.1, -0.05) is 6.58 Å². The Morgan fingerprint density at radius 2 is 2.29 bits per heavy atom. The molecule has 1 aromatic rings. The number of anilines is 1. The summed E-state index contributed by atoms with van der Waals surface area (Å²) in [6, 6.07) is 1.99. The molecule has 1 aliphatic heterocycles. The van der Waals surface area contributed by atoms with Gasteiger partial charge in [0.2, 0.25) is 5.91 Å². The average Bonchev–Trinajstić information content (AvgIpc) is 2.36. The summed E-state index contributed by atoms with van der Waals surface area (Å²) in [5.74, 6) is 0.788. The number of nitrogens with zero attached hydrogens (tertiary/aromatic N) is 4. The van der Waals surface area contributed by atoms with Crippen LogP contribution in [0.25, 0.3) is 0 Å². The smallest absolute Gasteiger partial charge is 0.246 e. The van der Waals surface area contributed by atoms with Gasteiger partial charge in [-0.2, -0.15) is 5.10 Å². The van der Waals surface area contributed by atoms with Gasteiger partial charge in [-0.05, 0) is 17.7 Å². The predicted molar refractivity (Wildman–Crippen MR) is 65.7 cm³/mol. The Morgan fingerprint density at radius 3 is 2.94 bits per heavy atom. The second kappa shape index (κ2) is 4.53. The molecular formula is C12H16N4O. The van der Waals surface area contributed by atoms with Gasteiger partial charge < -0.3 is 9.80 Å². The van der Waals surface area contributed by atoms with E-state index in [9.17, 15) is 4.79 Å². The highest BCUT2D eigenvalue weighted by Gasteiger charge is 2.20. The van der Waals surface area contributed by atoms with Crippen LogP contribution < -0.4 is 4.90 Å². The highest BCUT2D eigenvalue weighted by Crippen LogP contribution is 2.19. The Kier molecular flexibility index (Phi) is 3.08. The van der Waals surface area contributed by atoms with Crippen molar-refractivity contribution in [2.45, 2.75) is 13.0 Å². The lowest BCUT2D eigenvalue weighted by atomic mass is 10.1. The number of aromatic nitrogens is 2. The van der Waals surface area contributed by atoms with Gasteiger partial charge in [0.25, 0.3) is 0 Å². The molecule has 0 atom stereocenters. The van der Waals surface area contributed by atoms with Gasteiger partial charge in [-0.25, -0.2) is 0 Å². The summed E-state index contributed by atoms with van der Waals surface area (Å²) in [4.78, 5) is 15.2. The highest BCUT2D eigenvalue weighted by atomic mass is 16.2. The van der Waals surface area contributed by atoms with Gasteiger partial charge in [0, 0.05) is 33.6 Å². The van der Waals surface area contributed by atoms with Crippen molar-refractivity contribution >= 4 is 11.7 Å². The quantitative estimate of drug-likeness (QED) is 0.701. The first-order valence-electron chi connectivity index (χ1n) is 5.56. The first-order chi connectivity index (χ1) is 8.11. The first-order valence-corrected chi connectivity index (χ1v) is 5.56. The summed E-state index contributed by atoms with van der Waals surface area (Å²) in [6.45, 7) is 4.79. The van der Waals surface area contributed by atoms with Crippen LogP contribution in [0.4, 0.5) is 5.82 Å². The van der Waals surface area contributed by atoms with Crippen molar-refractivity contribution in [3.63, 3.8) is 0 Å². The summed E-state index contributed by atoms with van der Waals surface area (Å²) < 4.78 is 0. The maximum Gasteiger partial charge on any atom is 0.246 e. The SMILES string of the molecule is C=CC(=O)N1CCc2nnc(N(C)C)cc2C1. The van der Waals surface area contributed by atoms with Gasteiger partial charge in [0.1, 0.15) is 0 Å². The van der Waals surface area contributed by atoms with Crippen LogP contribution in [0.3, 0.4) is 0 Å². The van der Waals surface area contributed by atoms with Crippen molar-refractivity contribution in [3.05, 3.63) is 30.0 Å². The molecule has 90 valence electrons. The monoisotopic (exact) mass is 232 g/mol. The molecule has 5 nitrogen and oxygen atoms in total. The van der Waals surface area contributed by atoms with Crippen molar-refractivity contribution in [1.82, 2.24) is 15.1 Å². The molecule has 0 saturated carbocycles. The van der Waals surface area contributed by atoms with Gasteiger partial charge >= 0.3 is 0 Å². The lowest BCUT2D eigenvalue weighted by Crippen LogP contribution is -2.35. The number of hydrogen-bond acceptors (Lipinski definition) is 4. The van der Waals surface area contributed by atoms with Crippen molar-refractivity contribution in [2.24, 2.45) is 0 Å². The van der Waals surface area contributed by atoms with E-state index < -0.39 is 0 Å². The van der Waals surface area contributed by atoms with Crippen LogP contribution in [0, 0.1) is 0 Å². The lowest BCUT2D eigenvalue weighted by Gasteiger charge is -2.27. The fraction of sp³-hybridized carbons (Fsp3) is 0.417. The summed E-state index contributed by atoms with van der Waals surface area (Å²) >= 11 is 0. The number of amides is 1. The third-order valence-corrected chi connectivity index (χ3v) is 2.87. The third-order valence-electron chi connectivity index (χ3n) is 2.87. The molecule has 0 unspecified atom stereocenters. The fourth-order valence-corrected chi connectivity index (χ4v) is 1.85. The van der Waals surface area contributed by atoms with E-state index in [1.54, 1.807) is 4.90 Å². The molecule has 0 radical (unpaired) electrons. The molecule has 2 rings (SSSR count). The molecule has 17 heavy (non-hydrogen) atoms. The number of hydrogen-bond donors (Lipinski definition) is 0. The van der Waals surface area contributed by atoms with E-state index in [0.29, 0.717) is 13.1 Å². The zero-order chi connectivity index (χ0) is 12.4. The van der Waals surface area contributed by atoms with Crippen molar-refractivity contribution < 1.29 is 4.79 Å². The number of carbonyl (C=O) groups is 1. The normalized spacial score (nSPS) is 14.1. The van der Waals surface area contributed by atoms with E-state index in [4.69, 9.17) is 0 Å². The number of carbonyl (C=O) groups excluding carboxylic acids is 1. The van der Waals surface area contributed by atoms with E-state index in [1.807, 2.05) is 25.1 Å². The average molecular weight is 232 g/mol. The highest BCUT2D eigenvalue weighted by molar-refractivity contribution is 5.87. The standard InChI is InChI=1S/C12H16N4O/c1-4-12(17)16-6-5-10-9(8-16)7-11(14-13-10)15(2)3/h4,7H,1,5-6,8H2,2-3H3. The Bertz CT molecular complexity index is 456. The van der Waals surface area contributed by atoms with Crippen LogP contribution in [0.2, 0.25) is 0 Å². The van der Waals surface area contributed by atoms with Gasteiger partial charge in [-0.15, -0.1) is 5.10 Å². The summed E-state index contributed by atoms with van der Waals surface area (Å²) in [5.41, 5.74) is 2.06. The molecule has 0 bridgehead atoms. The predicted octanol–water partition coefficient (Wildman–Crippen LogP) is 0.613. The molecule has 1 aliphatic rings. The summed E-state index contributed by atoms with van der Waals surface area (Å²) in [6.07, 6.45) is 2.11. The van der Waals surface area contributed by atoms with E-state index >= 15 is 0 Å². The van der Waals surface area contributed by atoms with E-state index in [2.05, 4.69) is 16.8 Å². The van der Waals surface area contributed by atoms with Crippen LogP contribution in [0.1, 0.15) is 11.3 Å². The molecule has 0 spiro atoms. The molecule has 1 amide bonds. The van der Waals surface area contributed by atoms with Gasteiger partial charge in [-0.3, -0.25) is 4.79 Å².